The summed E-state index contributed by atoms with van der Waals surface area (Å²) >= 11 is 0. The van der Waals surface area contributed by atoms with Gasteiger partial charge in [-0.15, -0.1) is 6.58 Å². The van der Waals surface area contributed by atoms with Gasteiger partial charge in [0.05, 0.1) is 5.75 Å². The predicted octanol–water partition coefficient (Wildman–Crippen LogP) is 0.740. The molecule has 0 radical (unpaired) electrons. The van der Waals surface area contributed by atoms with Crippen LogP contribution < -0.4 is 0 Å². The van der Waals surface area contributed by atoms with Gasteiger partial charge in [0.15, 0.2) is 15.5 Å². The summed E-state index contributed by atoms with van der Waals surface area (Å²) in [5, 5.41) is 8.74. The van der Waals surface area contributed by atoms with Crippen molar-refractivity contribution in [3.8, 4) is 0 Å². The number of nitrogens with zero attached hydrogens (tertiary/aromatic N) is 1. The van der Waals surface area contributed by atoms with Gasteiger partial charge in [-0.2, -0.15) is 0 Å². The summed E-state index contributed by atoms with van der Waals surface area (Å²) in [5.74, 6) is -1.67. The van der Waals surface area contributed by atoms with E-state index in [1.165, 1.54) is 24.4 Å². The van der Waals surface area contributed by atoms with Gasteiger partial charge < -0.3 is 5.11 Å². The van der Waals surface area contributed by atoms with Crippen molar-refractivity contribution in [2.24, 2.45) is 0 Å². The van der Waals surface area contributed by atoms with Gasteiger partial charge >= 0.3 is 5.97 Å². The van der Waals surface area contributed by atoms with E-state index in [1.54, 1.807) is 0 Å². The molecule has 0 aliphatic rings. The van der Waals surface area contributed by atoms with E-state index in [0.717, 1.165) is 0 Å². The quantitative estimate of drug-likeness (QED) is 0.767. The Morgan fingerprint density at radius 1 is 1.60 bits per heavy atom. The maximum absolute atomic E-state index is 11.6. The average molecular weight is 227 g/mol. The summed E-state index contributed by atoms with van der Waals surface area (Å²) in [7, 11) is -3.65. The monoisotopic (exact) mass is 227 g/mol. The van der Waals surface area contributed by atoms with Crippen molar-refractivity contribution in [1.29, 1.82) is 0 Å². The van der Waals surface area contributed by atoms with Crippen molar-refractivity contribution in [2.75, 3.05) is 5.75 Å². The van der Waals surface area contributed by atoms with E-state index >= 15 is 0 Å². The topological polar surface area (TPSA) is 84.3 Å². The van der Waals surface area contributed by atoms with Crippen LogP contribution in [0.3, 0.4) is 0 Å². The van der Waals surface area contributed by atoms with E-state index < -0.39 is 21.5 Å². The molecular formula is C9H9NO4S. The van der Waals surface area contributed by atoms with Crippen LogP contribution >= 0.6 is 0 Å². The Morgan fingerprint density at radius 3 is 2.80 bits per heavy atom. The molecule has 0 amide bonds. The van der Waals surface area contributed by atoms with Crippen LogP contribution in [0.5, 0.6) is 0 Å². The van der Waals surface area contributed by atoms with Crippen LogP contribution in [-0.2, 0) is 9.84 Å². The van der Waals surface area contributed by atoms with Crippen molar-refractivity contribution < 1.29 is 18.3 Å². The van der Waals surface area contributed by atoms with Crippen LogP contribution in [0, 0.1) is 0 Å². The molecule has 0 spiro atoms. The molecule has 1 aromatic heterocycles. The van der Waals surface area contributed by atoms with Crippen molar-refractivity contribution >= 4 is 15.8 Å². The van der Waals surface area contributed by atoms with Crippen molar-refractivity contribution in [2.45, 2.75) is 4.90 Å². The molecule has 0 saturated heterocycles. The maximum atomic E-state index is 11.6. The zero-order chi connectivity index (χ0) is 11.5. The average Bonchev–Trinajstić information content (AvgIpc) is 2.17. The van der Waals surface area contributed by atoms with Crippen molar-refractivity contribution in [3.63, 3.8) is 0 Å². The van der Waals surface area contributed by atoms with E-state index in [4.69, 9.17) is 5.11 Å². The molecule has 6 heteroatoms. The van der Waals surface area contributed by atoms with Gasteiger partial charge in [-0.25, -0.2) is 18.2 Å². The van der Waals surface area contributed by atoms with Gasteiger partial charge in [0, 0.05) is 6.20 Å². The second-order valence-electron chi connectivity index (χ2n) is 2.73. The van der Waals surface area contributed by atoms with E-state index in [0.29, 0.717) is 0 Å². The lowest BCUT2D eigenvalue weighted by Crippen LogP contribution is -2.12. The summed E-state index contributed by atoms with van der Waals surface area (Å²) in [6, 6.07) is 2.59. The number of sulfone groups is 1. The maximum Gasteiger partial charge on any atom is 0.355 e. The highest BCUT2D eigenvalue weighted by atomic mass is 32.2. The lowest BCUT2D eigenvalue weighted by Gasteiger charge is -2.03. The SMILES string of the molecule is C=CCS(=O)(=O)c1cccnc1C(=O)O. The van der Waals surface area contributed by atoms with Gasteiger partial charge in [0.1, 0.15) is 4.90 Å². The minimum atomic E-state index is -3.65. The molecule has 80 valence electrons. The summed E-state index contributed by atoms with van der Waals surface area (Å²) in [6.45, 7) is 3.30. The van der Waals surface area contributed by atoms with Crippen LogP contribution in [0.4, 0.5) is 0 Å². The molecule has 0 bridgehead atoms. The van der Waals surface area contributed by atoms with E-state index in [-0.39, 0.29) is 10.6 Å². The lowest BCUT2D eigenvalue weighted by atomic mass is 10.3. The van der Waals surface area contributed by atoms with Gasteiger partial charge in [0.25, 0.3) is 0 Å². The molecule has 0 atom stereocenters. The van der Waals surface area contributed by atoms with Crippen LogP contribution in [0.1, 0.15) is 10.5 Å². The fourth-order valence-corrected chi connectivity index (χ4v) is 2.26. The summed E-state index contributed by atoms with van der Waals surface area (Å²) < 4.78 is 23.2. The number of aromatic carboxylic acids is 1. The molecule has 0 fully saturated rings. The summed E-state index contributed by atoms with van der Waals surface area (Å²) in [5.41, 5.74) is -0.459. The van der Waals surface area contributed by atoms with Gasteiger partial charge in [-0.3, -0.25) is 0 Å². The largest absolute Gasteiger partial charge is 0.476 e. The van der Waals surface area contributed by atoms with Gasteiger partial charge in [-0.05, 0) is 12.1 Å². The van der Waals surface area contributed by atoms with Crippen molar-refractivity contribution in [3.05, 3.63) is 36.7 Å². The van der Waals surface area contributed by atoms with Gasteiger partial charge in [-0.1, -0.05) is 6.08 Å². The molecule has 15 heavy (non-hydrogen) atoms. The summed E-state index contributed by atoms with van der Waals surface area (Å²) in [4.78, 5) is 14.0. The molecule has 0 unspecified atom stereocenters. The lowest BCUT2D eigenvalue weighted by molar-refractivity contribution is 0.0686. The highest BCUT2D eigenvalue weighted by Gasteiger charge is 2.21. The molecular weight excluding hydrogens is 218 g/mol. The standard InChI is InChI=1S/C9H9NO4S/c1-2-6-15(13,14)7-4-3-5-10-8(7)9(11)12/h2-5H,1,6H2,(H,11,12). The molecule has 1 heterocycles. The first-order chi connectivity index (χ1) is 6.99. The molecule has 1 rings (SSSR count). The zero-order valence-electron chi connectivity index (χ0n) is 7.75. The Labute approximate surface area is 87.0 Å². The number of hydrogen-bond donors (Lipinski definition) is 1. The Bertz CT molecular complexity index is 493. The number of carboxylic acids is 1. The fraction of sp³-hybridized carbons (Fsp3) is 0.111. The number of rotatable bonds is 4. The zero-order valence-corrected chi connectivity index (χ0v) is 8.57. The first-order valence-corrected chi connectivity index (χ1v) is 5.66. The van der Waals surface area contributed by atoms with Crippen LogP contribution in [-0.4, -0.2) is 30.2 Å². The van der Waals surface area contributed by atoms with E-state index in [2.05, 4.69) is 11.6 Å². The van der Waals surface area contributed by atoms with Crippen LogP contribution in [0.25, 0.3) is 0 Å². The third kappa shape index (κ3) is 2.41. The minimum absolute atomic E-state index is 0.280. The molecule has 1 aromatic rings. The third-order valence-corrected chi connectivity index (χ3v) is 3.32. The Hall–Kier alpha value is -1.69. The van der Waals surface area contributed by atoms with Crippen LogP contribution in [0.15, 0.2) is 35.9 Å². The third-order valence-electron chi connectivity index (χ3n) is 1.65. The number of pyridine rings is 1. The Morgan fingerprint density at radius 2 is 2.27 bits per heavy atom. The fourth-order valence-electron chi connectivity index (χ4n) is 1.05. The Kier molecular flexibility index (Phi) is 3.21. The summed E-state index contributed by atoms with van der Waals surface area (Å²) in [6.07, 6.45) is 2.43. The number of hydrogen-bond acceptors (Lipinski definition) is 4. The number of carboxylic acid groups (broad SMARTS) is 1. The minimum Gasteiger partial charge on any atom is -0.476 e. The first-order valence-electron chi connectivity index (χ1n) is 4.01. The molecule has 0 aliphatic carbocycles. The van der Waals surface area contributed by atoms with Crippen LogP contribution in [0.2, 0.25) is 0 Å². The highest BCUT2D eigenvalue weighted by Crippen LogP contribution is 2.14. The Balaban J connectivity index is 3.37. The van der Waals surface area contributed by atoms with Crippen molar-refractivity contribution in [1.82, 2.24) is 4.98 Å². The van der Waals surface area contributed by atoms with Gasteiger partial charge in [0.2, 0.25) is 0 Å². The molecule has 1 N–H and O–H groups in total. The number of aromatic nitrogens is 1. The van der Waals surface area contributed by atoms with E-state index in [1.807, 2.05) is 0 Å². The van der Waals surface area contributed by atoms with E-state index in [9.17, 15) is 13.2 Å². The molecule has 0 aromatic carbocycles. The normalized spacial score (nSPS) is 10.9. The second-order valence-corrected chi connectivity index (χ2v) is 4.73. The smallest absolute Gasteiger partial charge is 0.355 e. The predicted molar refractivity (Wildman–Crippen MR) is 53.4 cm³/mol. The molecule has 0 saturated carbocycles. The molecule has 0 aliphatic heterocycles. The second kappa shape index (κ2) is 4.22. The first kappa shape index (κ1) is 11.4. The highest BCUT2D eigenvalue weighted by molar-refractivity contribution is 7.91. The number of carbonyl (C=O) groups is 1. The molecule has 5 nitrogen and oxygen atoms in total.